The van der Waals surface area contributed by atoms with Crippen LogP contribution in [0.5, 0.6) is 5.88 Å². The van der Waals surface area contributed by atoms with Crippen molar-refractivity contribution >= 4 is 0 Å². The number of nitrogens with two attached hydrogens (primary N) is 1. The molecular formula is C10H16N2O2. The molecule has 1 atom stereocenters. The summed E-state index contributed by atoms with van der Waals surface area (Å²) in [6, 6.07) is 3.70. The molecule has 78 valence electrons. The van der Waals surface area contributed by atoms with E-state index in [4.69, 9.17) is 15.2 Å². The Morgan fingerprint density at radius 1 is 1.50 bits per heavy atom. The van der Waals surface area contributed by atoms with E-state index in [1.165, 1.54) is 0 Å². The van der Waals surface area contributed by atoms with Crippen LogP contribution in [0.25, 0.3) is 0 Å². The van der Waals surface area contributed by atoms with Crippen LogP contribution in [0.2, 0.25) is 0 Å². The van der Waals surface area contributed by atoms with E-state index in [-0.39, 0.29) is 6.04 Å². The zero-order chi connectivity index (χ0) is 10.4. The molecule has 14 heavy (non-hydrogen) atoms. The van der Waals surface area contributed by atoms with Crippen LogP contribution >= 0.6 is 0 Å². The van der Waals surface area contributed by atoms with Crippen molar-refractivity contribution in [2.75, 3.05) is 20.3 Å². The number of aromatic nitrogens is 1. The zero-order valence-electron chi connectivity index (χ0n) is 8.56. The first-order chi connectivity index (χ1) is 6.75. The van der Waals surface area contributed by atoms with Gasteiger partial charge in [0.15, 0.2) is 0 Å². The quantitative estimate of drug-likeness (QED) is 0.717. The van der Waals surface area contributed by atoms with Gasteiger partial charge >= 0.3 is 0 Å². The molecule has 1 aromatic heterocycles. The Morgan fingerprint density at radius 3 is 2.93 bits per heavy atom. The molecule has 2 N–H and O–H groups in total. The molecule has 0 saturated heterocycles. The lowest BCUT2D eigenvalue weighted by Crippen LogP contribution is -2.11. The van der Waals surface area contributed by atoms with Crippen molar-refractivity contribution in [1.29, 1.82) is 0 Å². The Morgan fingerprint density at radius 2 is 2.29 bits per heavy atom. The van der Waals surface area contributed by atoms with Crippen LogP contribution in [-0.4, -0.2) is 25.3 Å². The van der Waals surface area contributed by atoms with Crippen molar-refractivity contribution in [2.24, 2.45) is 5.73 Å². The van der Waals surface area contributed by atoms with Gasteiger partial charge in [0.1, 0.15) is 6.61 Å². The molecule has 4 nitrogen and oxygen atoms in total. The van der Waals surface area contributed by atoms with Crippen molar-refractivity contribution in [3.63, 3.8) is 0 Å². The summed E-state index contributed by atoms with van der Waals surface area (Å²) in [6.07, 6.45) is 1.69. The van der Waals surface area contributed by atoms with E-state index in [2.05, 4.69) is 4.98 Å². The molecule has 4 heteroatoms. The molecule has 0 aliphatic heterocycles. The van der Waals surface area contributed by atoms with Crippen molar-refractivity contribution in [2.45, 2.75) is 13.0 Å². The van der Waals surface area contributed by atoms with Gasteiger partial charge in [-0.25, -0.2) is 4.98 Å². The standard InChI is InChI=1S/C10H16N2O2/c1-8(11)9-4-3-5-12-10(9)14-7-6-13-2/h3-5,8H,6-7,11H2,1-2H3/t8-/m0/s1. The fourth-order valence-electron chi connectivity index (χ4n) is 1.09. The third kappa shape index (κ3) is 2.97. The first kappa shape index (κ1) is 10.9. The van der Waals surface area contributed by atoms with Gasteiger partial charge in [0.2, 0.25) is 5.88 Å². The minimum atomic E-state index is -0.0683. The van der Waals surface area contributed by atoms with Gasteiger partial charge in [-0.15, -0.1) is 0 Å². The highest BCUT2D eigenvalue weighted by Gasteiger charge is 2.07. The lowest BCUT2D eigenvalue weighted by Gasteiger charge is -2.11. The number of methoxy groups -OCH3 is 1. The summed E-state index contributed by atoms with van der Waals surface area (Å²) < 4.78 is 10.3. The van der Waals surface area contributed by atoms with E-state index >= 15 is 0 Å². The normalized spacial score (nSPS) is 12.5. The molecule has 0 bridgehead atoms. The average molecular weight is 196 g/mol. The molecule has 0 amide bonds. The van der Waals surface area contributed by atoms with Crippen LogP contribution < -0.4 is 10.5 Å². The van der Waals surface area contributed by atoms with Gasteiger partial charge in [-0.2, -0.15) is 0 Å². The number of ether oxygens (including phenoxy) is 2. The van der Waals surface area contributed by atoms with Crippen LogP contribution in [0.3, 0.4) is 0 Å². The Kier molecular flexibility index (Phi) is 4.35. The second-order valence-corrected chi connectivity index (χ2v) is 3.03. The van der Waals surface area contributed by atoms with E-state index < -0.39 is 0 Å². The number of rotatable bonds is 5. The fraction of sp³-hybridized carbons (Fsp3) is 0.500. The van der Waals surface area contributed by atoms with Crippen LogP contribution in [0.4, 0.5) is 0 Å². The summed E-state index contributed by atoms with van der Waals surface area (Å²) >= 11 is 0. The summed E-state index contributed by atoms with van der Waals surface area (Å²) in [5, 5.41) is 0. The van der Waals surface area contributed by atoms with E-state index in [0.717, 1.165) is 5.56 Å². The number of pyridine rings is 1. The molecule has 0 radical (unpaired) electrons. The Hall–Kier alpha value is -1.13. The summed E-state index contributed by atoms with van der Waals surface area (Å²) in [7, 11) is 1.63. The molecule has 0 fully saturated rings. The third-order valence-electron chi connectivity index (χ3n) is 1.82. The molecule has 1 aromatic rings. The van der Waals surface area contributed by atoms with E-state index in [1.54, 1.807) is 13.3 Å². The monoisotopic (exact) mass is 196 g/mol. The van der Waals surface area contributed by atoms with Crippen molar-refractivity contribution in [1.82, 2.24) is 4.98 Å². The first-order valence-electron chi connectivity index (χ1n) is 4.58. The van der Waals surface area contributed by atoms with Gasteiger partial charge in [0, 0.05) is 24.9 Å². The first-order valence-corrected chi connectivity index (χ1v) is 4.58. The topological polar surface area (TPSA) is 57.4 Å². The molecule has 0 spiro atoms. The predicted molar refractivity (Wildman–Crippen MR) is 54.2 cm³/mol. The molecule has 0 saturated carbocycles. The Bertz CT molecular complexity index is 277. The second kappa shape index (κ2) is 5.57. The molecule has 0 aliphatic carbocycles. The number of nitrogens with zero attached hydrogens (tertiary/aromatic N) is 1. The number of hydrogen-bond donors (Lipinski definition) is 1. The van der Waals surface area contributed by atoms with Crippen LogP contribution in [0.15, 0.2) is 18.3 Å². The summed E-state index contributed by atoms with van der Waals surface area (Å²) in [4.78, 5) is 4.11. The fourth-order valence-corrected chi connectivity index (χ4v) is 1.09. The summed E-state index contributed by atoms with van der Waals surface area (Å²) in [5.74, 6) is 0.597. The Labute approximate surface area is 84.0 Å². The predicted octanol–water partition coefficient (Wildman–Crippen LogP) is 1.13. The van der Waals surface area contributed by atoms with Gasteiger partial charge in [-0.05, 0) is 13.0 Å². The summed E-state index contributed by atoms with van der Waals surface area (Å²) in [6.45, 7) is 2.95. The molecule has 1 heterocycles. The third-order valence-corrected chi connectivity index (χ3v) is 1.82. The van der Waals surface area contributed by atoms with E-state index in [0.29, 0.717) is 19.1 Å². The van der Waals surface area contributed by atoms with Gasteiger partial charge in [0.25, 0.3) is 0 Å². The minimum Gasteiger partial charge on any atom is -0.475 e. The smallest absolute Gasteiger partial charge is 0.218 e. The average Bonchev–Trinajstić information content (AvgIpc) is 2.19. The maximum absolute atomic E-state index is 5.77. The summed E-state index contributed by atoms with van der Waals surface area (Å²) in [5.41, 5.74) is 6.69. The highest BCUT2D eigenvalue weighted by Crippen LogP contribution is 2.19. The van der Waals surface area contributed by atoms with Gasteiger partial charge < -0.3 is 15.2 Å². The van der Waals surface area contributed by atoms with E-state index in [9.17, 15) is 0 Å². The highest BCUT2D eigenvalue weighted by molar-refractivity contribution is 5.27. The highest BCUT2D eigenvalue weighted by atomic mass is 16.5. The molecule has 0 aliphatic rings. The van der Waals surface area contributed by atoms with Crippen LogP contribution in [-0.2, 0) is 4.74 Å². The van der Waals surface area contributed by atoms with Crippen molar-refractivity contribution in [3.05, 3.63) is 23.9 Å². The number of hydrogen-bond acceptors (Lipinski definition) is 4. The second-order valence-electron chi connectivity index (χ2n) is 3.03. The Balaban J connectivity index is 2.64. The molecule has 1 rings (SSSR count). The maximum atomic E-state index is 5.77. The van der Waals surface area contributed by atoms with Crippen LogP contribution in [0, 0.1) is 0 Å². The minimum absolute atomic E-state index is 0.0683. The van der Waals surface area contributed by atoms with Gasteiger partial charge in [-0.1, -0.05) is 6.07 Å². The molecular weight excluding hydrogens is 180 g/mol. The van der Waals surface area contributed by atoms with Gasteiger partial charge in [-0.3, -0.25) is 0 Å². The molecule has 0 aromatic carbocycles. The van der Waals surface area contributed by atoms with Crippen molar-refractivity contribution in [3.8, 4) is 5.88 Å². The van der Waals surface area contributed by atoms with Gasteiger partial charge in [0.05, 0.1) is 6.61 Å². The van der Waals surface area contributed by atoms with E-state index in [1.807, 2.05) is 19.1 Å². The van der Waals surface area contributed by atoms with Crippen LogP contribution in [0.1, 0.15) is 18.5 Å². The molecule has 0 unspecified atom stereocenters. The SMILES string of the molecule is COCCOc1ncccc1[C@H](C)N. The lowest BCUT2D eigenvalue weighted by atomic mass is 10.1. The zero-order valence-corrected chi connectivity index (χ0v) is 8.56. The lowest BCUT2D eigenvalue weighted by molar-refractivity contribution is 0.143. The largest absolute Gasteiger partial charge is 0.475 e. The maximum Gasteiger partial charge on any atom is 0.218 e. The van der Waals surface area contributed by atoms with Crippen molar-refractivity contribution < 1.29 is 9.47 Å².